The Kier molecular flexibility index (Phi) is 3.33. The summed E-state index contributed by atoms with van der Waals surface area (Å²) in [5.41, 5.74) is 0. The van der Waals surface area contributed by atoms with E-state index in [1.807, 2.05) is 6.07 Å². The lowest BCUT2D eigenvalue weighted by molar-refractivity contribution is 0.552. The van der Waals surface area contributed by atoms with Gasteiger partial charge in [0.15, 0.2) is 0 Å². The van der Waals surface area contributed by atoms with E-state index in [0.29, 0.717) is 23.9 Å². The van der Waals surface area contributed by atoms with Gasteiger partial charge in [0.1, 0.15) is 0 Å². The molecule has 1 saturated carbocycles. The van der Waals surface area contributed by atoms with E-state index in [9.17, 15) is 0 Å². The molecular formula is C12H15ClN6. The molecule has 0 saturated heterocycles. The Balaban J connectivity index is 1.85. The number of anilines is 1. The van der Waals surface area contributed by atoms with Crippen molar-refractivity contribution in [1.29, 1.82) is 0 Å². The van der Waals surface area contributed by atoms with Crippen molar-refractivity contribution >= 4 is 17.5 Å². The van der Waals surface area contributed by atoms with Gasteiger partial charge in [-0.3, -0.25) is 0 Å². The number of nitrogens with one attached hydrogen (secondary N) is 1. The van der Waals surface area contributed by atoms with Gasteiger partial charge in [-0.1, -0.05) is 13.3 Å². The van der Waals surface area contributed by atoms with Crippen molar-refractivity contribution in [3.05, 3.63) is 23.7 Å². The SMILES string of the molecule is CC1CCCC1Nc1nc(Cl)nc(-n2cccn2)n1. The molecule has 1 fully saturated rings. The first-order chi connectivity index (χ1) is 9.22. The molecule has 1 aliphatic rings. The van der Waals surface area contributed by atoms with Crippen molar-refractivity contribution < 1.29 is 0 Å². The zero-order valence-electron chi connectivity index (χ0n) is 10.6. The third kappa shape index (κ3) is 2.68. The van der Waals surface area contributed by atoms with Crippen LogP contribution >= 0.6 is 11.6 Å². The summed E-state index contributed by atoms with van der Waals surface area (Å²) in [4.78, 5) is 12.6. The first-order valence-corrected chi connectivity index (χ1v) is 6.78. The molecule has 7 heteroatoms. The van der Waals surface area contributed by atoms with Crippen LogP contribution in [-0.4, -0.2) is 30.8 Å². The highest BCUT2D eigenvalue weighted by atomic mass is 35.5. The van der Waals surface area contributed by atoms with Gasteiger partial charge in [0.05, 0.1) is 0 Å². The lowest BCUT2D eigenvalue weighted by Crippen LogP contribution is -2.23. The Morgan fingerprint density at radius 1 is 1.32 bits per heavy atom. The molecule has 0 bridgehead atoms. The van der Waals surface area contributed by atoms with E-state index in [0.717, 1.165) is 6.42 Å². The van der Waals surface area contributed by atoms with Crippen molar-refractivity contribution in [3.63, 3.8) is 0 Å². The van der Waals surface area contributed by atoms with Gasteiger partial charge in [-0.25, -0.2) is 4.68 Å². The molecule has 2 heterocycles. The molecule has 1 N–H and O–H groups in total. The van der Waals surface area contributed by atoms with Crippen LogP contribution in [0.25, 0.3) is 5.95 Å². The number of halogens is 1. The molecular weight excluding hydrogens is 264 g/mol. The second kappa shape index (κ2) is 5.13. The van der Waals surface area contributed by atoms with Crippen molar-refractivity contribution in [2.24, 2.45) is 5.92 Å². The standard InChI is InChI=1S/C12H15ClN6/c1-8-4-2-5-9(8)15-11-16-10(13)17-12(18-11)19-7-3-6-14-19/h3,6-9H,2,4-5H2,1H3,(H,15,16,17,18). The van der Waals surface area contributed by atoms with E-state index < -0.39 is 0 Å². The average molecular weight is 279 g/mol. The van der Waals surface area contributed by atoms with Gasteiger partial charge in [0.2, 0.25) is 11.2 Å². The summed E-state index contributed by atoms with van der Waals surface area (Å²) in [5.74, 6) is 1.58. The fraction of sp³-hybridized carbons (Fsp3) is 0.500. The fourth-order valence-electron chi connectivity index (χ4n) is 2.42. The number of hydrogen-bond donors (Lipinski definition) is 1. The van der Waals surface area contributed by atoms with E-state index >= 15 is 0 Å². The Hall–Kier alpha value is -1.69. The highest BCUT2D eigenvalue weighted by Crippen LogP contribution is 2.27. The summed E-state index contributed by atoms with van der Waals surface area (Å²) < 4.78 is 1.57. The first kappa shape index (κ1) is 12.3. The van der Waals surface area contributed by atoms with Crippen molar-refractivity contribution in [3.8, 4) is 5.95 Å². The summed E-state index contributed by atoms with van der Waals surface area (Å²) >= 11 is 5.95. The summed E-state index contributed by atoms with van der Waals surface area (Å²) in [6.07, 6.45) is 7.06. The van der Waals surface area contributed by atoms with E-state index in [1.165, 1.54) is 12.8 Å². The van der Waals surface area contributed by atoms with Gasteiger partial charge >= 0.3 is 0 Å². The van der Waals surface area contributed by atoms with Crippen LogP contribution in [0.15, 0.2) is 18.5 Å². The quantitative estimate of drug-likeness (QED) is 0.933. The molecule has 0 spiro atoms. The third-order valence-electron chi connectivity index (χ3n) is 3.48. The van der Waals surface area contributed by atoms with Crippen LogP contribution in [0.5, 0.6) is 0 Å². The normalized spacial score (nSPS) is 22.6. The van der Waals surface area contributed by atoms with Crippen LogP contribution < -0.4 is 5.32 Å². The van der Waals surface area contributed by atoms with E-state index in [-0.39, 0.29) is 5.28 Å². The highest BCUT2D eigenvalue weighted by Gasteiger charge is 2.24. The van der Waals surface area contributed by atoms with Crippen molar-refractivity contribution in [2.45, 2.75) is 32.2 Å². The van der Waals surface area contributed by atoms with E-state index in [4.69, 9.17) is 11.6 Å². The largest absolute Gasteiger partial charge is 0.351 e. The maximum absolute atomic E-state index is 5.95. The maximum Gasteiger partial charge on any atom is 0.256 e. The Bertz CT molecular complexity index is 555. The smallest absolute Gasteiger partial charge is 0.256 e. The minimum Gasteiger partial charge on any atom is -0.351 e. The van der Waals surface area contributed by atoms with E-state index in [1.54, 1.807) is 17.1 Å². The van der Waals surface area contributed by atoms with Crippen LogP contribution in [0.3, 0.4) is 0 Å². The van der Waals surface area contributed by atoms with Gasteiger partial charge < -0.3 is 5.32 Å². The molecule has 3 rings (SSSR count). The number of hydrogen-bond acceptors (Lipinski definition) is 5. The lowest BCUT2D eigenvalue weighted by atomic mass is 10.1. The van der Waals surface area contributed by atoms with E-state index in [2.05, 4.69) is 32.3 Å². The molecule has 0 amide bonds. The monoisotopic (exact) mass is 278 g/mol. The maximum atomic E-state index is 5.95. The van der Waals surface area contributed by atoms with Gasteiger partial charge in [-0.15, -0.1) is 0 Å². The lowest BCUT2D eigenvalue weighted by Gasteiger charge is -2.17. The number of nitrogens with zero attached hydrogens (tertiary/aromatic N) is 5. The number of rotatable bonds is 3. The summed E-state index contributed by atoms with van der Waals surface area (Å²) in [6, 6.07) is 2.22. The molecule has 2 aromatic rings. The van der Waals surface area contributed by atoms with Crippen molar-refractivity contribution in [1.82, 2.24) is 24.7 Å². The Morgan fingerprint density at radius 2 is 2.21 bits per heavy atom. The second-order valence-electron chi connectivity index (χ2n) is 4.84. The van der Waals surface area contributed by atoms with Gasteiger partial charge in [0, 0.05) is 18.4 Å². The molecule has 0 aliphatic heterocycles. The molecule has 2 aromatic heterocycles. The van der Waals surface area contributed by atoms with Crippen LogP contribution in [0.2, 0.25) is 5.28 Å². The molecule has 0 aromatic carbocycles. The second-order valence-corrected chi connectivity index (χ2v) is 5.18. The first-order valence-electron chi connectivity index (χ1n) is 6.40. The fourth-order valence-corrected chi connectivity index (χ4v) is 2.58. The third-order valence-corrected chi connectivity index (χ3v) is 3.65. The van der Waals surface area contributed by atoms with Gasteiger partial charge in [-0.2, -0.15) is 20.1 Å². The molecule has 2 unspecified atom stereocenters. The molecule has 19 heavy (non-hydrogen) atoms. The number of aromatic nitrogens is 5. The summed E-state index contributed by atoms with van der Waals surface area (Å²) in [6.45, 7) is 2.24. The van der Waals surface area contributed by atoms with Crippen LogP contribution in [0, 0.1) is 5.92 Å². The molecule has 1 aliphatic carbocycles. The highest BCUT2D eigenvalue weighted by molar-refractivity contribution is 6.28. The Labute approximate surface area is 116 Å². The minimum atomic E-state index is 0.175. The molecule has 100 valence electrons. The van der Waals surface area contributed by atoms with Crippen LogP contribution in [-0.2, 0) is 0 Å². The van der Waals surface area contributed by atoms with Gasteiger partial charge in [-0.05, 0) is 36.4 Å². The van der Waals surface area contributed by atoms with Gasteiger partial charge in [0.25, 0.3) is 5.95 Å². The summed E-state index contributed by atoms with van der Waals surface area (Å²) in [5, 5.41) is 7.61. The zero-order valence-corrected chi connectivity index (χ0v) is 11.4. The van der Waals surface area contributed by atoms with Crippen LogP contribution in [0.4, 0.5) is 5.95 Å². The van der Waals surface area contributed by atoms with Crippen LogP contribution in [0.1, 0.15) is 26.2 Å². The predicted octanol–water partition coefficient (Wildman–Crippen LogP) is 2.31. The zero-order chi connectivity index (χ0) is 13.2. The molecule has 2 atom stereocenters. The molecule has 6 nitrogen and oxygen atoms in total. The summed E-state index contributed by atoms with van der Waals surface area (Å²) in [7, 11) is 0. The minimum absolute atomic E-state index is 0.175. The Morgan fingerprint density at radius 3 is 2.89 bits per heavy atom. The predicted molar refractivity (Wildman–Crippen MR) is 72.4 cm³/mol. The van der Waals surface area contributed by atoms with Crippen molar-refractivity contribution in [2.75, 3.05) is 5.32 Å². The average Bonchev–Trinajstić information content (AvgIpc) is 3.01. The topological polar surface area (TPSA) is 68.5 Å². The molecule has 0 radical (unpaired) electrons.